The molecule has 0 atom stereocenters. The number of methoxy groups -OCH3 is 1. The fraction of sp³-hybridized carbons (Fsp3) is 0.0222. The lowest BCUT2D eigenvalue weighted by molar-refractivity contribution is 0.415. The number of benzene rings is 7. The number of hydrogen-bond acceptors (Lipinski definition) is 2. The maximum Gasteiger partial charge on any atom is 0.119 e. The summed E-state index contributed by atoms with van der Waals surface area (Å²) in [6.07, 6.45) is 4.33. The van der Waals surface area contributed by atoms with Gasteiger partial charge in [0, 0.05) is 40.8 Å². The zero-order valence-electron chi connectivity index (χ0n) is 27.1. The minimum absolute atomic E-state index is 0.833. The van der Waals surface area contributed by atoms with E-state index in [1.165, 1.54) is 32.6 Å². The molecule has 49 heavy (non-hydrogen) atoms. The van der Waals surface area contributed by atoms with Gasteiger partial charge in [0.2, 0.25) is 0 Å². The van der Waals surface area contributed by atoms with Crippen molar-refractivity contribution in [2.75, 3.05) is 12.0 Å². The number of fused-ring (bicyclic) bond motifs is 3. The van der Waals surface area contributed by atoms with Crippen molar-refractivity contribution < 1.29 is 4.74 Å². The van der Waals surface area contributed by atoms with Gasteiger partial charge in [0.1, 0.15) is 5.75 Å². The van der Waals surface area contributed by atoms with Gasteiger partial charge in [0.25, 0.3) is 0 Å². The van der Waals surface area contributed by atoms with E-state index in [4.69, 9.17) is 4.74 Å². The fourth-order valence-corrected chi connectivity index (χ4v) is 6.95. The normalized spacial score (nSPS) is 11.4. The molecule has 0 bridgehead atoms. The Morgan fingerprint density at radius 3 is 1.51 bits per heavy atom. The van der Waals surface area contributed by atoms with Gasteiger partial charge < -0.3 is 18.8 Å². The van der Waals surface area contributed by atoms with Crippen LogP contribution >= 0.6 is 0 Å². The Labute approximate surface area is 285 Å². The van der Waals surface area contributed by atoms with Crippen LogP contribution in [0.2, 0.25) is 0 Å². The SMILES string of the molecule is COc1ccc(N(c2ccc(-c3cc(-n4ccc5ccccc54)cc(-n4ccc5ccccc54)c3)cc2)c2ccc3ccccc3c2)cc1. The van der Waals surface area contributed by atoms with Crippen LogP contribution in [0.3, 0.4) is 0 Å². The minimum Gasteiger partial charge on any atom is -0.497 e. The molecule has 4 nitrogen and oxygen atoms in total. The second kappa shape index (κ2) is 11.9. The number of rotatable bonds is 7. The molecule has 9 aromatic rings. The van der Waals surface area contributed by atoms with Gasteiger partial charge in [-0.3, -0.25) is 0 Å². The molecule has 0 aliphatic rings. The average Bonchev–Trinajstić information content (AvgIpc) is 3.80. The van der Waals surface area contributed by atoms with Crippen LogP contribution in [0.5, 0.6) is 5.75 Å². The van der Waals surface area contributed by atoms with Crippen molar-refractivity contribution in [2.24, 2.45) is 0 Å². The van der Waals surface area contributed by atoms with E-state index in [-0.39, 0.29) is 0 Å². The fourth-order valence-electron chi connectivity index (χ4n) is 6.95. The summed E-state index contributed by atoms with van der Waals surface area (Å²) in [6, 6.07) is 60.6. The van der Waals surface area contributed by atoms with Crippen LogP contribution in [-0.4, -0.2) is 16.2 Å². The van der Waals surface area contributed by atoms with E-state index in [0.717, 1.165) is 45.3 Å². The van der Waals surface area contributed by atoms with Crippen LogP contribution in [-0.2, 0) is 0 Å². The minimum atomic E-state index is 0.833. The van der Waals surface area contributed by atoms with E-state index in [1.54, 1.807) is 7.11 Å². The summed E-state index contributed by atoms with van der Waals surface area (Å²) < 4.78 is 10.1. The van der Waals surface area contributed by atoms with E-state index in [2.05, 4.69) is 184 Å². The molecule has 2 heterocycles. The Morgan fingerprint density at radius 2 is 0.918 bits per heavy atom. The first kappa shape index (κ1) is 28.7. The first-order valence-electron chi connectivity index (χ1n) is 16.5. The van der Waals surface area contributed by atoms with Gasteiger partial charge in [-0.2, -0.15) is 0 Å². The number of nitrogens with zero attached hydrogens (tertiary/aromatic N) is 3. The third-order valence-corrected chi connectivity index (χ3v) is 9.44. The highest BCUT2D eigenvalue weighted by Crippen LogP contribution is 2.38. The lowest BCUT2D eigenvalue weighted by Gasteiger charge is -2.26. The standard InChI is InChI=1S/C45H33N3O/c1-49-43-22-20-39(21-23-43)48(40-19-16-32-8-2-3-11-36(32)28-40)38-17-14-33(15-18-38)37-29-41(46-26-24-34-9-4-6-12-44(34)46)31-42(30-37)47-27-25-35-10-5-7-13-45(35)47/h2-31H,1H3. The second-order valence-corrected chi connectivity index (χ2v) is 12.3. The van der Waals surface area contributed by atoms with E-state index < -0.39 is 0 Å². The summed E-state index contributed by atoms with van der Waals surface area (Å²) in [7, 11) is 1.70. The van der Waals surface area contributed by atoms with Gasteiger partial charge in [0.15, 0.2) is 0 Å². The van der Waals surface area contributed by atoms with Gasteiger partial charge >= 0.3 is 0 Å². The van der Waals surface area contributed by atoms with Gasteiger partial charge in [-0.15, -0.1) is 0 Å². The quantitative estimate of drug-likeness (QED) is 0.175. The highest BCUT2D eigenvalue weighted by Gasteiger charge is 2.15. The van der Waals surface area contributed by atoms with Crippen molar-refractivity contribution >= 4 is 49.6 Å². The molecule has 0 unspecified atom stereocenters. The molecule has 4 heteroatoms. The van der Waals surface area contributed by atoms with Gasteiger partial charge in [-0.05, 0) is 124 Å². The van der Waals surface area contributed by atoms with Crippen molar-refractivity contribution in [1.29, 1.82) is 0 Å². The zero-order chi connectivity index (χ0) is 32.7. The maximum absolute atomic E-state index is 5.48. The highest BCUT2D eigenvalue weighted by atomic mass is 16.5. The predicted molar refractivity (Wildman–Crippen MR) is 204 cm³/mol. The van der Waals surface area contributed by atoms with Crippen molar-refractivity contribution in [3.63, 3.8) is 0 Å². The largest absolute Gasteiger partial charge is 0.497 e. The van der Waals surface area contributed by atoms with E-state index in [0.29, 0.717) is 0 Å². The predicted octanol–water partition coefficient (Wildman–Crippen LogP) is 11.9. The third-order valence-electron chi connectivity index (χ3n) is 9.44. The summed E-state index contributed by atoms with van der Waals surface area (Å²) in [5.74, 6) is 0.833. The molecule has 234 valence electrons. The smallest absolute Gasteiger partial charge is 0.119 e. The maximum atomic E-state index is 5.48. The van der Waals surface area contributed by atoms with Crippen molar-refractivity contribution in [3.05, 3.63) is 182 Å². The molecule has 2 aromatic heterocycles. The second-order valence-electron chi connectivity index (χ2n) is 12.3. The van der Waals surface area contributed by atoms with Crippen molar-refractivity contribution in [1.82, 2.24) is 9.13 Å². The van der Waals surface area contributed by atoms with Gasteiger partial charge in [-0.1, -0.05) is 78.9 Å². The van der Waals surface area contributed by atoms with Crippen LogP contribution < -0.4 is 9.64 Å². The molecular formula is C45H33N3O. The molecule has 0 saturated carbocycles. The van der Waals surface area contributed by atoms with Crippen molar-refractivity contribution in [2.45, 2.75) is 0 Å². The van der Waals surface area contributed by atoms with E-state index >= 15 is 0 Å². The van der Waals surface area contributed by atoms with Crippen LogP contribution in [0.1, 0.15) is 0 Å². The molecule has 0 fully saturated rings. The molecule has 7 aromatic carbocycles. The molecule has 0 aliphatic heterocycles. The van der Waals surface area contributed by atoms with Crippen LogP contribution in [0.15, 0.2) is 182 Å². The summed E-state index contributed by atoms with van der Waals surface area (Å²) in [5.41, 5.74) is 10.1. The first-order chi connectivity index (χ1) is 24.2. The Morgan fingerprint density at radius 1 is 0.408 bits per heavy atom. The summed E-state index contributed by atoms with van der Waals surface area (Å²) in [6.45, 7) is 0. The Balaban J connectivity index is 1.17. The number of aromatic nitrogens is 2. The lowest BCUT2D eigenvalue weighted by atomic mass is 10.0. The summed E-state index contributed by atoms with van der Waals surface area (Å²) in [5, 5.41) is 4.86. The molecule has 0 N–H and O–H groups in total. The molecule has 0 saturated heterocycles. The molecule has 0 aliphatic carbocycles. The Hall–Kier alpha value is -6.52. The number of para-hydroxylation sites is 2. The van der Waals surface area contributed by atoms with Crippen molar-refractivity contribution in [3.8, 4) is 28.3 Å². The summed E-state index contributed by atoms with van der Waals surface area (Å²) >= 11 is 0. The van der Waals surface area contributed by atoms with E-state index in [9.17, 15) is 0 Å². The Bertz CT molecular complexity index is 2500. The number of ether oxygens (including phenoxy) is 1. The lowest BCUT2D eigenvalue weighted by Crippen LogP contribution is -2.09. The molecule has 0 amide bonds. The third kappa shape index (κ3) is 5.20. The molecular weight excluding hydrogens is 599 g/mol. The average molecular weight is 632 g/mol. The van der Waals surface area contributed by atoms with Crippen LogP contribution in [0.25, 0.3) is 55.1 Å². The zero-order valence-corrected chi connectivity index (χ0v) is 27.1. The molecule has 9 rings (SSSR count). The Kier molecular flexibility index (Phi) is 6.98. The summed E-state index contributed by atoms with van der Waals surface area (Å²) in [4.78, 5) is 2.30. The highest BCUT2D eigenvalue weighted by molar-refractivity contribution is 5.90. The molecule has 0 spiro atoms. The molecule has 0 radical (unpaired) electrons. The van der Waals surface area contributed by atoms with E-state index in [1.807, 2.05) is 12.1 Å². The van der Waals surface area contributed by atoms with Crippen LogP contribution in [0, 0.1) is 0 Å². The topological polar surface area (TPSA) is 22.3 Å². The number of hydrogen-bond donors (Lipinski definition) is 0. The van der Waals surface area contributed by atoms with Crippen LogP contribution in [0.4, 0.5) is 17.1 Å². The first-order valence-corrected chi connectivity index (χ1v) is 16.5. The van der Waals surface area contributed by atoms with Gasteiger partial charge in [0.05, 0.1) is 18.1 Å². The number of anilines is 3. The monoisotopic (exact) mass is 631 g/mol. The van der Waals surface area contributed by atoms with Gasteiger partial charge in [-0.25, -0.2) is 0 Å².